The number of anilines is 2. The fourth-order valence-electron chi connectivity index (χ4n) is 1.62. The summed E-state index contributed by atoms with van der Waals surface area (Å²) in [6, 6.07) is 7.62. The van der Waals surface area contributed by atoms with E-state index in [4.69, 9.17) is 5.11 Å². The average Bonchev–Trinajstić information content (AvgIpc) is 2.84. The first-order valence-electron chi connectivity index (χ1n) is 5.68. The molecule has 5 nitrogen and oxygen atoms in total. The molecule has 0 atom stereocenters. The molecule has 0 aliphatic rings. The molecule has 2 rings (SSSR count). The van der Waals surface area contributed by atoms with Crippen LogP contribution in [0, 0.1) is 0 Å². The lowest BCUT2D eigenvalue weighted by molar-refractivity contribution is 0.0687. The van der Waals surface area contributed by atoms with Gasteiger partial charge >= 0.3 is 5.97 Å². The number of para-hydroxylation sites is 1. The Bertz CT molecular complexity index is 636. The first-order chi connectivity index (χ1) is 9.52. The highest BCUT2D eigenvalue weighted by molar-refractivity contribution is 7.98. The van der Waals surface area contributed by atoms with Crippen LogP contribution in [-0.4, -0.2) is 28.1 Å². The summed E-state index contributed by atoms with van der Waals surface area (Å²) in [5, 5.41) is 12.5. The van der Waals surface area contributed by atoms with Crippen LogP contribution in [0.3, 0.4) is 0 Å². The largest absolute Gasteiger partial charge is 0.476 e. The second-order valence-electron chi connectivity index (χ2n) is 3.88. The number of Topliss-reactive ketones (excluding diaryl/α,β-unsaturated/α-hetero) is 1. The van der Waals surface area contributed by atoms with E-state index in [9.17, 15) is 9.59 Å². The zero-order valence-corrected chi connectivity index (χ0v) is 12.5. The maximum Gasteiger partial charge on any atom is 0.356 e. The lowest BCUT2D eigenvalue weighted by atomic mass is 10.3. The van der Waals surface area contributed by atoms with Crippen LogP contribution in [0.15, 0.2) is 29.2 Å². The van der Waals surface area contributed by atoms with Gasteiger partial charge in [-0.3, -0.25) is 4.79 Å². The van der Waals surface area contributed by atoms with Crippen molar-refractivity contribution in [2.45, 2.75) is 11.8 Å². The molecule has 2 N–H and O–H groups in total. The first-order valence-corrected chi connectivity index (χ1v) is 7.72. The predicted octanol–water partition coefficient (Wildman–Crippen LogP) is 3.51. The highest BCUT2D eigenvalue weighted by atomic mass is 32.2. The van der Waals surface area contributed by atoms with Crippen molar-refractivity contribution >= 4 is 45.7 Å². The molecule has 0 unspecified atom stereocenters. The van der Waals surface area contributed by atoms with Gasteiger partial charge in [0.1, 0.15) is 4.88 Å². The summed E-state index contributed by atoms with van der Waals surface area (Å²) in [5.41, 5.74) is 0.632. The van der Waals surface area contributed by atoms with E-state index in [1.165, 1.54) is 6.92 Å². The second-order valence-corrected chi connectivity index (χ2v) is 5.73. The van der Waals surface area contributed by atoms with Crippen molar-refractivity contribution < 1.29 is 14.7 Å². The number of aromatic carboxylic acids is 1. The maximum atomic E-state index is 11.4. The van der Waals surface area contributed by atoms with Gasteiger partial charge in [0.25, 0.3) is 0 Å². The molecule has 0 saturated heterocycles. The number of carbonyl (C=O) groups excluding carboxylic acids is 1. The Kier molecular flexibility index (Phi) is 4.41. The highest BCUT2D eigenvalue weighted by Crippen LogP contribution is 2.31. The van der Waals surface area contributed by atoms with Crippen LogP contribution >= 0.6 is 23.1 Å². The van der Waals surface area contributed by atoms with Crippen LogP contribution in [0.5, 0.6) is 0 Å². The van der Waals surface area contributed by atoms with E-state index in [0.29, 0.717) is 5.13 Å². The number of ketones is 1. The standard InChI is InChI=1S/C13H12N2O3S2/c1-7(16)11-10(12(17)18)15-13(20-11)14-8-5-3-4-6-9(8)19-2/h3-6H,1-2H3,(H,14,15)(H,17,18). The molecular formula is C13H12N2O3S2. The Balaban J connectivity index is 2.37. The SMILES string of the molecule is CSc1ccccc1Nc1nc(C(=O)O)c(C(C)=O)s1. The molecule has 2 aromatic rings. The van der Waals surface area contributed by atoms with Gasteiger partial charge in [-0.25, -0.2) is 9.78 Å². The van der Waals surface area contributed by atoms with Gasteiger partial charge in [-0.05, 0) is 18.4 Å². The van der Waals surface area contributed by atoms with E-state index < -0.39 is 5.97 Å². The predicted molar refractivity (Wildman–Crippen MR) is 80.6 cm³/mol. The monoisotopic (exact) mass is 308 g/mol. The third-order valence-electron chi connectivity index (χ3n) is 2.50. The number of thiazole rings is 1. The van der Waals surface area contributed by atoms with Gasteiger partial charge in [-0.1, -0.05) is 23.5 Å². The van der Waals surface area contributed by atoms with E-state index in [1.54, 1.807) is 11.8 Å². The molecule has 0 amide bonds. The van der Waals surface area contributed by atoms with Crippen molar-refractivity contribution in [1.82, 2.24) is 4.98 Å². The average molecular weight is 308 g/mol. The minimum Gasteiger partial charge on any atom is -0.476 e. The van der Waals surface area contributed by atoms with Crippen molar-refractivity contribution in [3.63, 3.8) is 0 Å². The molecule has 104 valence electrons. The zero-order chi connectivity index (χ0) is 14.7. The van der Waals surface area contributed by atoms with E-state index >= 15 is 0 Å². The summed E-state index contributed by atoms with van der Waals surface area (Å²) >= 11 is 2.62. The highest BCUT2D eigenvalue weighted by Gasteiger charge is 2.20. The van der Waals surface area contributed by atoms with Crippen LogP contribution < -0.4 is 5.32 Å². The van der Waals surface area contributed by atoms with E-state index in [1.807, 2.05) is 30.5 Å². The Morgan fingerprint density at radius 1 is 1.35 bits per heavy atom. The fourth-order valence-corrected chi connectivity index (χ4v) is 3.04. The molecule has 7 heteroatoms. The Hall–Kier alpha value is -1.86. The van der Waals surface area contributed by atoms with Crippen LogP contribution in [0.4, 0.5) is 10.8 Å². The van der Waals surface area contributed by atoms with Gasteiger partial charge in [0.05, 0.1) is 5.69 Å². The van der Waals surface area contributed by atoms with Gasteiger partial charge in [-0.2, -0.15) is 0 Å². The third-order valence-corrected chi connectivity index (χ3v) is 4.37. The lowest BCUT2D eigenvalue weighted by Crippen LogP contribution is -2.03. The number of hydrogen-bond acceptors (Lipinski definition) is 6. The van der Waals surface area contributed by atoms with Crippen molar-refractivity contribution in [3.05, 3.63) is 34.8 Å². The molecule has 0 bridgehead atoms. The van der Waals surface area contributed by atoms with Crippen LogP contribution in [0.25, 0.3) is 0 Å². The number of rotatable bonds is 5. The zero-order valence-electron chi connectivity index (χ0n) is 10.8. The minimum absolute atomic E-state index is 0.154. The summed E-state index contributed by atoms with van der Waals surface area (Å²) in [7, 11) is 0. The number of nitrogens with zero attached hydrogens (tertiary/aromatic N) is 1. The molecule has 0 aliphatic heterocycles. The molecule has 1 aromatic carbocycles. The smallest absolute Gasteiger partial charge is 0.356 e. The number of hydrogen-bond donors (Lipinski definition) is 2. The molecule has 0 radical (unpaired) electrons. The Labute approximate surface area is 124 Å². The molecule has 0 fully saturated rings. The van der Waals surface area contributed by atoms with E-state index in [0.717, 1.165) is 21.9 Å². The van der Waals surface area contributed by atoms with Gasteiger partial charge in [0.15, 0.2) is 16.6 Å². The summed E-state index contributed by atoms with van der Waals surface area (Å²) in [6.07, 6.45) is 1.95. The van der Waals surface area contributed by atoms with Gasteiger partial charge in [0.2, 0.25) is 0 Å². The van der Waals surface area contributed by atoms with Gasteiger partial charge < -0.3 is 10.4 Å². The van der Waals surface area contributed by atoms with Crippen LogP contribution in [-0.2, 0) is 0 Å². The Morgan fingerprint density at radius 2 is 2.05 bits per heavy atom. The summed E-state index contributed by atoms with van der Waals surface area (Å²) < 4.78 is 0. The fraction of sp³-hybridized carbons (Fsp3) is 0.154. The Morgan fingerprint density at radius 3 is 2.60 bits per heavy atom. The molecule has 20 heavy (non-hydrogen) atoms. The number of thioether (sulfide) groups is 1. The second kappa shape index (κ2) is 6.06. The molecule has 0 spiro atoms. The van der Waals surface area contributed by atoms with Crippen LogP contribution in [0.1, 0.15) is 27.1 Å². The summed E-state index contributed by atoms with van der Waals surface area (Å²) in [5.74, 6) is -1.50. The molecule has 1 aromatic heterocycles. The topological polar surface area (TPSA) is 79.3 Å². The van der Waals surface area contributed by atoms with Crippen molar-refractivity contribution in [2.24, 2.45) is 0 Å². The van der Waals surface area contributed by atoms with Crippen molar-refractivity contribution in [2.75, 3.05) is 11.6 Å². The normalized spacial score (nSPS) is 10.3. The third kappa shape index (κ3) is 3.00. The van der Waals surface area contributed by atoms with Crippen LogP contribution in [0.2, 0.25) is 0 Å². The van der Waals surface area contributed by atoms with E-state index in [2.05, 4.69) is 10.3 Å². The number of carbonyl (C=O) groups is 2. The molecule has 0 aliphatic carbocycles. The number of carboxylic acids is 1. The molecule has 1 heterocycles. The van der Waals surface area contributed by atoms with E-state index in [-0.39, 0.29) is 16.4 Å². The lowest BCUT2D eigenvalue weighted by Gasteiger charge is -2.06. The molecular weight excluding hydrogens is 296 g/mol. The number of nitrogens with one attached hydrogen (secondary N) is 1. The van der Waals surface area contributed by atoms with Gasteiger partial charge in [-0.15, -0.1) is 11.8 Å². The first kappa shape index (κ1) is 14.5. The number of aromatic nitrogens is 1. The maximum absolute atomic E-state index is 11.4. The summed E-state index contributed by atoms with van der Waals surface area (Å²) in [4.78, 5) is 27.7. The quantitative estimate of drug-likeness (QED) is 0.650. The number of benzene rings is 1. The summed E-state index contributed by atoms with van der Waals surface area (Å²) in [6.45, 7) is 1.33. The van der Waals surface area contributed by atoms with Crippen molar-refractivity contribution in [1.29, 1.82) is 0 Å². The van der Waals surface area contributed by atoms with Gasteiger partial charge in [0, 0.05) is 11.8 Å². The minimum atomic E-state index is -1.20. The van der Waals surface area contributed by atoms with Crippen molar-refractivity contribution in [3.8, 4) is 0 Å². The number of carboxylic acid groups (broad SMARTS) is 1. The molecule has 0 saturated carbocycles.